The monoisotopic (exact) mass is 310 g/mol. The number of nitrogens with zero attached hydrogens (tertiary/aromatic N) is 1. The molecular weight excluding hydrogens is 295 g/mol. The van der Waals surface area contributed by atoms with E-state index in [2.05, 4.69) is 12.2 Å². The maximum absolute atomic E-state index is 13.1. The van der Waals surface area contributed by atoms with Crippen molar-refractivity contribution in [3.63, 3.8) is 0 Å². The van der Waals surface area contributed by atoms with E-state index in [-0.39, 0.29) is 5.82 Å². The Morgan fingerprint density at radius 3 is 3.10 bits per heavy atom. The normalized spacial score (nSPS) is 18.1. The average Bonchev–Trinajstić information content (AvgIpc) is 2.83. The minimum absolute atomic E-state index is 0.314. The zero-order valence-electron chi connectivity index (χ0n) is 11.2. The van der Waals surface area contributed by atoms with E-state index in [1.807, 2.05) is 0 Å². The van der Waals surface area contributed by atoms with Gasteiger partial charge >= 0.3 is 0 Å². The number of nitrogens with one attached hydrogen (secondary N) is 1. The second-order valence-corrected chi connectivity index (χ2v) is 6.44. The average molecular weight is 311 g/mol. The molecule has 1 aromatic carbocycles. The molecular formula is C15H16ClFN2S. The Hall–Kier alpha value is -0.970. The van der Waals surface area contributed by atoms with Crippen molar-refractivity contribution in [1.29, 1.82) is 0 Å². The number of aryl methyl sites for hydroxylation is 1. The van der Waals surface area contributed by atoms with E-state index in [1.54, 1.807) is 17.4 Å². The first-order valence-corrected chi connectivity index (χ1v) is 8.07. The van der Waals surface area contributed by atoms with Gasteiger partial charge in [-0.2, -0.15) is 0 Å². The summed E-state index contributed by atoms with van der Waals surface area (Å²) in [5, 5.41) is 4.80. The summed E-state index contributed by atoms with van der Waals surface area (Å²) in [7, 11) is 0. The van der Waals surface area contributed by atoms with Crippen LogP contribution in [0.1, 0.15) is 36.4 Å². The second-order valence-electron chi connectivity index (χ2n) is 4.95. The largest absolute Gasteiger partial charge is 0.309 e. The minimum Gasteiger partial charge on any atom is -0.309 e. The van der Waals surface area contributed by atoms with Gasteiger partial charge in [0.05, 0.1) is 16.8 Å². The number of fused-ring (bicyclic) bond motifs is 1. The molecule has 5 heteroatoms. The number of hydrogen-bond donors (Lipinski definition) is 1. The molecule has 1 unspecified atom stereocenters. The molecule has 0 radical (unpaired) electrons. The summed E-state index contributed by atoms with van der Waals surface area (Å²) >= 11 is 7.82. The van der Waals surface area contributed by atoms with Crippen LogP contribution in [-0.4, -0.2) is 11.5 Å². The van der Waals surface area contributed by atoms with Crippen molar-refractivity contribution < 1.29 is 4.39 Å². The molecule has 2 aromatic rings. The number of aromatic nitrogens is 1. The van der Waals surface area contributed by atoms with Gasteiger partial charge in [0.2, 0.25) is 0 Å². The van der Waals surface area contributed by atoms with Crippen LogP contribution in [0.15, 0.2) is 18.2 Å². The van der Waals surface area contributed by atoms with Crippen LogP contribution in [0, 0.1) is 5.82 Å². The molecule has 1 aliphatic rings. The third-order valence-corrected chi connectivity index (χ3v) is 5.04. The lowest BCUT2D eigenvalue weighted by Gasteiger charge is -2.21. The molecule has 20 heavy (non-hydrogen) atoms. The van der Waals surface area contributed by atoms with Gasteiger partial charge in [-0.3, -0.25) is 0 Å². The third kappa shape index (κ3) is 2.60. The Balaban J connectivity index is 2.00. The summed E-state index contributed by atoms with van der Waals surface area (Å²) in [6.45, 7) is 3.05. The first kappa shape index (κ1) is 14.0. The van der Waals surface area contributed by atoms with Gasteiger partial charge in [-0.25, -0.2) is 9.37 Å². The van der Waals surface area contributed by atoms with Gasteiger partial charge in [-0.05, 0) is 44.0 Å². The number of halogens is 2. The van der Waals surface area contributed by atoms with Crippen molar-refractivity contribution in [1.82, 2.24) is 10.3 Å². The lowest BCUT2D eigenvalue weighted by atomic mass is 9.98. The molecule has 0 amide bonds. The second kappa shape index (κ2) is 5.80. The van der Waals surface area contributed by atoms with Crippen LogP contribution >= 0.6 is 22.9 Å². The number of hydrogen-bond acceptors (Lipinski definition) is 3. The summed E-state index contributed by atoms with van der Waals surface area (Å²) < 4.78 is 13.1. The smallest absolute Gasteiger partial charge is 0.125 e. The van der Waals surface area contributed by atoms with Crippen LogP contribution in [-0.2, 0) is 6.42 Å². The Labute approximate surface area is 127 Å². The first-order valence-electron chi connectivity index (χ1n) is 6.87. The quantitative estimate of drug-likeness (QED) is 0.897. The molecule has 0 saturated heterocycles. The highest BCUT2D eigenvalue weighted by Crippen LogP contribution is 2.39. The van der Waals surface area contributed by atoms with E-state index < -0.39 is 0 Å². The molecule has 1 aromatic heterocycles. The summed E-state index contributed by atoms with van der Waals surface area (Å²) in [6.07, 6.45) is 3.39. The van der Waals surface area contributed by atoms with Gasteiger partial charge in [-0.1, -0.05) is 18.5 Å². The van der Waals surface area contributed by atoms with Crippen LogP contribution < -0.4 is 5.32 Å². The molecule has 106 valence electrons. The predicted octanol–water partition coefficient (Wildman–Crippen LogP) is 4.59. The number of rotatable bonds is 3. The fourth-order valence-corrected chi connectivity index (χ4v) is 4.16. The summed E-state index contributed by atoms with van der Waals surface area (Å²) in [4.78, 5) is 6.09. The molecule has 1 atom stereocenters. The van der Waals surface area contributed by atoms with Crippen molar-refractivity contribution in [2.24, 2.45) is 0 Å². The van der Waals surface area contributed by atoms with Crippen molar-refractivity contribution in [3.05, 3.63) is 39.6 Å². The van der Waals surface area contributed by atoms with Crippen LogP contribution in [0.25, 0.3) is 10.6 Å². The maximum Gasteiger partial charge on any atom is 0.125 e. The summed E-state index contributed by atoms with van der Waals surface area (Å²) in [6, 6.07) is 4.83. The number of benzene rings is 1. The molecule has 0 fully saturated rings. The van der Waals surface area contributed by atoms with E-state index in [1.165, 1.54) is 23.4 Å². The van der Waals surface area contributed by atoms with E-state index in [0.29, 0.717) is 11.1 Å². The molecule has 2 nitrogen and oxygen atoms in total. The highest BCUT2D eigenvalue weighted by atomic mass is 35.5. The zero-order valence-corrected chi connectivity index (χ0v) is 12.8. The van der Waals surface area contributed by atoms with E-state index >= 15 is 0 Å². The fraction of sp³-hybridized carbons (Fsp3) is 0.400. The molecule has 1 heterocycles. The van der Waals surface area contributed by atoms with Crippen LogP contribution in [0.5, 0.6) is 0 Å². The van der Waals surface area contributed by atoms with E-state index in [9.17, 15) is 4.39 Å². The molecule has 1 aliphatic carbocycles. The zero-order chi connectivity index (χ0) is 14.1. The Morgan fingerprint density at radius 1 is 1.50 bits per heavy atom. The Bertz CT molecular complexity index is 626. The van der Waals surface area contributed by atoms with Gasteiger partial charge in [0.25, 0.3) is 0 Å². The number of thiazole rings is 1. The molecule has 1 N–H and O–H groups in total. The van der Waals surface area contributed by atoms with Gasteiger partial charge < -0.3 is 5.32 Å². The van der Waals surface area contributed by atoms with E-state index in [4.69, 9.17) is 16.6 Å². The van der Waals surface area contributed by atoms with Gasteiger partial charge in [0, 0.05) is 10.4 Å². The van der Waals surface area contributed by atoms with Crippen molar-refractivity contribution in [2.75, 3.05) is 6.54 Å². The standard InChI is InChI=1S/C15H16ClFN2S/c1-2-18-12-4-3-5-13-14(12)19-15(20-13)10-7-6-9(17)8-11(10)16/h6-8,12,18H,2-5H2,1H3. The summed E-state index contributed by atoms with van der Waals surface area (Å²) in [5.41, 5.74) is 1.97. The van der Waals surface area contributed by atoms with E-state index in [0.717, 1.165) is 35.7 Å². The molecule has 0 saturated carbocycles. The molecule has 0 spiro atoms. The van der Waals surface area contributed by atoms with Gasteiger partial charge in [-0.15, -0.1) is 11.3 Å². The fourth-order valence-electron chi connectivity index (χ4n) is 2.64. The van der Waals surface area contributed by atoms with Crippen molar-refractivity contribution >= 4 is 22.9 Å². The first-order chi connectivity index (χ1) is 9.69. The topological polar surface area (TPSA) is 24.9 Å². The third-order valence-electron chi connectivity index (χ3n) is 3.57. The Morgan fingerprint density at radius 2 is 2.35 bits per heavy atom. The van der Waals surface area contributed by atoms with Crippen LogP contribution in [0.2, 0.25) is 5.02 Å². The molecule has 0 aliphatic heterocycles. The lowest BCUT2D eigenvalue weighted by Crippen LogP contribution is -2.24. The Kier molecular flexibility index (Phi) is 4.06. The highest BCUT2D eigenvalue weighted by molar-refractivity contribution is 7.15. The maximum atomic E-state index is 13.1. The molecule has 3 rings (SSSR count). The summed E-state index contributed by atoms with van der Waals surface area (Å²) in [5.74, 6) is -0.314. The lowest BCUT2D eigenvalue weighted by molar-refractivity contribution is 0.465. The van der Waals surface area contributed by atoms with Crippen molar-refractivity contribution in [2.45, 2.75) is 32.2 Å². The van der Waals surface area contributed by atoms with Crippen LogP contribution in [0.3, 0.4) is 0 Å². The highest BCUT2D eigenvalue weighted by Gasteiger charge is 2.24. The van der Waals surface area contributed by atoms with Crippen LogP contribution in [0.4, 0.5) is 4.39 Å². The molecule has 0 bridgehead atoms. The van der Waals surface area contributed by atoms with Gasteiger partial charge in [0.15, 0.2) is 0 Å². The SMILES string of the molecule is CCNC1CCCc2sc(-c3ccc(F)cc3Cl)nc21. The van der Waals surface area contributed by atoms with Crippen molar-refractivity contribution in [3.8, 4) is 10.6 Å². The predicted molar refractivity (Wildman–Crippen MR) is 81.9 cm³/mol. The minimum atomic E-state index is -0.314. The van der Waals surface area contributed by atoms with Gasteiger partial charge in [0.1, 0.15) is 10.8 Å².